The van der Waals surface area contributed by atoms with Crippen molar-refractivity contribution in [3.8, 4) is 0 Å². The maximum absolute atomic E-state index is 12.0. The molecule has 0 heterocycles. The molecule has 94 valence electrons. The van der Waals surface area contributed by atoms with E-state index in [0.717, 1.165) is 12.8 Å². The van der Waals surface area contributed by atoms with Gasteiger partial charge in [-0.3, -0.25) is 4.79 Å². The van der Waals surface area contributed by atoms with Gasteiger partial charge in [0, 0.05) is 0 Å². The zero-order chi connectivity index (χ0) is 12.1. The monoisotopic (exact) mass is 226 g/mol. The highest BCUT2D eigenvalue weighted by Gasteiger charge is 2.36. The number of carbonyl (C=O) groups is 1. The molecule has 0 aliphatic heterocycles. The quantitative estimate of drug-likeness (QED) is 0.684. The standard InChI is InChI=1S/C14H26O2/c1-5-8-16-14(15)13-9-11(4)6-7-12(13)10(2)3/h10-13H,5-9H2,1-4H3/t11-,12+,13-/m1/s1. The summed E-state index contributed by atoms with van der Waals surface area (Å²) in [5, 5.41) is 0. The van der Waals surface area contributed by atoms with Crippen LogP contribution < -0.4 is 0 Å². The lowest BCUT2D eigenvalue weighted by atomic mass is 9.70. The van der Waals surface area contributed by atoms with Crippen molar-refractivity contribution in [1.29, 1.82) is 0 Å². The van der Waals surface area contributed by atoms with E-state index < -0.39 is 0 Å². The van der Waals surface area contributed by atoms with Gasteiger partial charge in [0.1, 0.15) is 0 Å². The van der Waals surface area contributed by atoms with E-state index in [1.54, 1.807) is 0 Å². The van der Waals surface area contributed by atoms with Crippen LogP contribution >= 0.6 is 0 Å². The number of carbonyl (C=O) groups excluding carboxylic acids is 1. The second-order valence-corrected chi connectivity index (χ2v) is 5.60. The summed E-state index contributed by atoms with van der Waals surface area (Å²) in [6.07, 6.45) is 4.39. The lowest BCUT2D eigenvalue weighted by Gasteiger charge is -2.35. The summed E-state index contributed by atoms with van der Waals surface area (Å²) in [5.41, 5.74) is 0. The molecule has 0 unspecified atom stereocenters. The molecule has 0 aromatic carbocycles. The van der Waals surface area contributed by atoms with E-state index in [9.17, 15) is 4.79 Å². The molecule has 0 amide bonds. The van der Waals surface area contributed by atoms with E-state index in [1.807, 2.05) is 6.92 Å². The average Bonchev–Trinajstić information content (AvgIpc) is 2.25. The highest BCUT2D eigenvalue weighted by molar-refractivity contribution is 5.73. The smallest absolute Gasteiger partial charge is 0.309 e. The van der Waals surface area contributed by atoms with Gasteiger partial charge in [-0.1, -0.05) is 34.1 Å². The van der Waals surface area contributed by atoms with Crippen LogP contribution in [0, 0.1) is 23.7 Å². The van der Waals surface area contributed by atoms with Gasteiger partial charge in [0.05, 0.1) is 12.5 Å². The first kappa shape index (κ1) is 13.5. The van der Waals surface area contributed by atoms with Gasteiger partial charge in [0.2, 0.25) is 0 Å². The molecule has 2 heteroatoms. The Morgan fingerprint density at radius 3 is 2.62 bits per heavy atom. The van der Waals surface area contributed by atoms with Crippen LogP contribution in [0.1, 0.15) is 53.4 Å². The fourth-order valence-corrected chi connectivity index (χ4v) is 2.78. The van der Waals surface area contributed by atoms with Crippen molar-refractivity contribution < 1.29 is 9.53 Å². The average molecular weight is 226 g/mol. The third-order valence-corrected chi connectivity index (χ3v) is 3.77. The van der Waals surface area contributed by atoms with Crippen molar-refractivity contribution in [2.75, 3.05) is 6.61 Å². The molecule has 2 nitrogen and oxygen atoms in total. The van der Waals surface area contributed by atoms with Crippen molar-refractivity contribution in [2.24, 2.45) is 23.7 Å². The molecular formula is C14H26O2. The second-order valence-electron chi connectivity index (χ2n) is 5.60. The largest absolute Gasteiger partial charge is 0.465 e. The predicted octanol–water partition coefficient (Wildman–Crippen LogP) is 3.65. The van der Waals surface area contributed by atoms with Gasteiger partial charge in [0.15, 0.2) is 0 Å². The van der Waals surface area contributed by atoms with E-state index in [0.29, 0.717) is 24.4 Å². The van der Waals surface area contributed by atoms with Crippen LogP contribution in [-0.2, 0) is 9.53 Å². The third-order valence-electron chi connectivity index (χ3n) is 3.77. The first-order valence-corrected chi connectivity index (χ1v) is 6.72. The first-order valence-electron chi connectivity index (χ1n) is 6.72. The molecule has 0 aromatic rings. The normalized spacial score (nSPS) is 30.4. The molecule has 1 fully saturated rings. The molecule has 0 N–H and O–H groups in total. The van der Waals surface area contributed by atoms with Gasteiger partial charge >= 0.3 is 5.97 Å². The van der Waals surface area contributed by atoms with Gasteiger partial charge in [-0.15, -0.1) is 0 Å². The molecule has 0 bridgehead atoms. The van der Waals surface area contributed by atoms with Gasteiger partial charge in [-0.2, -0.15) is 0 Å². The Labute approximate surface area is 99.8 Å². The van der Waals surface area contributed by atoms with Crippen molar-refractivity contribution in [3.05, 3.63) is 0 Å². The zero-order valence-corrected chi connectivity index (χ0v) is 11.2. The van der Waals surface area contributed by atoms with Crippen molar-refractivity contribution in [2.45, 2.75) is 53.4 Å². The minimum Gasteiger partial charge on any atom is -0.465 e. The molecule has 1 saturated carbocycles. The van der Waals surface area contributed by atoms with Crippen molar-refractivity contribution in [3.63, 3.8) is 0 Å². The number of rotatable bonds is 4. The molecule has 0 radical (unpaired) electrons. The Bertz CT molecular complexity index is 223. The predicted molar refractivity (Wildman–Crippen MR) is 66.1 cm³/mol. The molecule has 1 aliphatic rings. The van der Waals surface area contributed by atoms with E-state index in [1.165, 1.54) is 12.8 Å². The molecule has 0 aromatic heterocycles. The Hall–Kier alpha value is -0.530. The van der Waals surface area contributed by atoms with Gasteiger partial charge in [0.25, 0.3) is 0 Å². The van der Waals surface area contributed by atoms with E-state index in [-0.39, 0.29) is 11.9 Å². The summed E-state index contributed by atoms with van der Waals surface area (Å²) in [7, 11) is 0. The molecule has 3 atom stereocenters. The molecule has 0 saturated heterocycles. The minimum absolute atomic E-state index is 0.0482. The summed E-state index contributed by atoms with van der Waals surface area (Å²) in [5.74, 6) is 1.99. The number of esters is 1. The Balaban J connectivity index is 2.59. The maximum Gasteiger partial charge on any atom is 0.309 e. The lowest BCUT2D eigenvalue weighted by molar-refractivity contribution is -0.153. The highest BCUT2D eigenvalue weighted by Crippen LogP contribution is 2.38. The Kier molecular flexibility index (Phi) is 5.30. The molecular weight excluding hydrogens is 200 g/mol. The number of hydrogen-bond acceptors (Lipinski definition) is 2. The molecule has 1 rings (SSSR count). The molecule has 16 heavy (non-hydrogen) atoms. The summed E-state index contributed by atoms with van der Waals surface area (Å²) in [4.78, 5) is 12.0. The van der Waals surface area contributed by atoms with Crippen LogP contribution in [0.2, 0.25) is 0 Å². The Morgan fingerprint density at radius 2 is 2.06 bits per heavy atom. The van der Waals surface area contributed by atoms with Gasteiger partial charge in [-0.05, 0) is 37.0 Å². The summed E-state index contributed by atoms with van der Waals surface area (Å²) < 4.78 is 5.32. The van der Waals surface area contributed by atoms with Crippen LogP contribution in [0.15, 0.2) is 0 Å². The zero-order valence-electron chi connectivity index (χ0n) is 11.2. The third kappa shape index (κ3) is 3.50. The summed E-state index contributed by atoms with van der Waals surface area (Å²) in [6.45, 7) is 9.31. The molecule has 0 spiro atoms. The van der Waals surface area contributed by atoms with Gasteiger partial charge in [-0.25, -0.2) is 0 Å². The maximum atomic E-state index is 12.0. The van der Waals surface area contributed by atoms with E-state index in [4.69, 9.17) is 4.74 Å². The van der Waals surface area contributed by atoms with Crippen LogP contribution in [-0.4, -0.2) is 12.6 Å². The van der Waals surface area contributed by atoms with Crippen LogP contribution in [0.4, 0.5) is 0 Å². The SMILES string of the molecule is CCCOC(=O)[C@@H]1C[C@H](C)CC[C@H]1C(C)C. The van der Waals surface area contributed by atoms with Crippen LogP contribution in [0.3, 0.4) is 0 Å². The summed E-state index contributed by atoms with van der Waals surface area (Å²) in [6, 6.07) is 0. The Morgan fingerprint density at radius 1 is 1.38 bits per heavy atom. The number of ether oxygens (including phenoxy) is 1. The van der Waals surface area contributed by atoms with Crippen molar-refractivity contribution >= 4 is 5.97 Å². The molecule has 1 aliphatic carbocycles. The van der Waals surface area contributed by atoms with E-state index >= 15 is 0 Å². The summed E-state index contributed by atoms with van der Waals surface area (Å²) >= 11 is 0. The fraction of sp³-hybridized carbons (Fsp3) is 0.929. The van der Waals surface area contributed by atoms with Gasteiger partial charge < -0.3 is 4.74 Å². The van der Waals surface area contributed by atoms with Crippen LogP contribution in [0.5, 0.6) is 0 Å². The van der Waals surface area contributed by atoms with Crippen LogP contribution in [0.25, 0.3) is 0 Å². The topological polar surface area (TPSA) is 26.3 Å². The first-order chi connectivity index (χ1) is 7.56. The van der Waals surface area contributed by atoms with Crippen molar-refractivity contribution in [1.82, 2.24) is 0 Å². The van der Waals surface area contributed by atoms with E-state index in [2.05, 4.69) is 20.8 Å². The number of hydrogen-bond donors (Lipinski definition) is 0. The lowest BCUT2D eigenvalue weighted by Crippen LogP contribution is -2.34. The highest BCUT2D eigenvalue weighted by atomic mass is 16.5. The minimum atomic E-state index is 0.0482. The second kappa shape index (κ2) is 6.27. The fourth-order valence-electron chi connectivity index (χ4n) is 2.78.